The highest BCUT2D eigenvalue weighted by atomic mass is 16.6. The third-order valence-electron chi connectivity index (χ3n) is 2.59. The van der Waals surface area contributed by atoms with Gasteiger partial charge in [-0.25, -0.2) is 4.79 Å². The lowest BCUT2D eigenvalue weighted by Gasteiger charge is -2.23. The van der Waals surface area contributed by atoms with Crippen molar-refractivity contribution in [2.75, 3.05) is 19.6 Å². The minimum absolute atomic E-state index is 0.0426. The molecular formula is C16H32N4O2. The molecule has 0 aliphatic carbocycles. The van der Waals surface area contributed by atoms with Crippen LogP contribution in [0.25, 0.3) is 0 Å². The second-order valence-corrected chi connectivity index (χ2v) is 6.02. The normalized spacial score (nSPS) is 13.2. The van der Waals surface area contributed by atoms with Crippen LogP contribution < -0.4 is 16.0 Å². The quantitative estimate of drug-likeness (QED) is 0.365. The summed E-state index contributed by atoms with van der Waals surface area (Å²) in [6.45, 7) is 15.2. The monoisotopic (exact) mass is 312 g/mol. The number of ether oxygens (including phenoxy) is 1. The van der Waals surface area contributed by atoms with Crippen molar-refractivity contribution in [3.8, 4) is 0 Å². The number of hydrogen-bond acceptors (Lipinski definition) is 3. The molecule has 1 unspecified atom stereocenters. The van der Waals surface area contributed by atoms with E-state index in [9.17, 15) is 4.79 Å². The second kappa shape index (κ2) is 10.9. The number of carbonyl (C=O) groups is 1. The maximum atomic E-state index is 11.9. The van der Waals surface area contributed by atoms with E-state index in [0.717, 1.165) is 25.3 Å². The van der Waals surface area contributed by atoms with Crippen LogP contribution in [0.4, 0.5) is 4.79 Å². The Morgan fingerprint density at radius 2 is 2.00 bits per heavy atom. The van der Waals surface area contributed by atoms with Crippen molar-refractivity contribution < 1.29 is 9.53 Å². The molecule has 0 spiro atoms. The topological polar surface area (TPSA) is 74.8 Å². The molecule has 0 radical (unpaired) electrons. The third-order valence-corrected chi connectivity index (χ3v) is 2.59. The van der Waals surface area contributed by atoms with Crippen molar-refractivity contribution in [1.29, 1.82) is 0 Å². The number of aliphatic imine (C=N–C) groups is 1. The molecule has 0 saturated heterocycles. The van der Waals surface area contributed by atoms with E-state index >= 15 is 0 Å². The summed E-state index contributed by atoms with van der Waals surface area (Å²) in [4.78, 5) is 16.4. The number of carbonyl (C=O) groups excluding carboxylic acids is 1. The summed E-state index contributed by atoms with van der Waals surface area (Å²) in [5.41, 5.74) is -0.495. The fourth-order valence-corrected chi connectivity index (χ4v) is 1.74. The van der Waals surface area contributed by atoms with Crippen LogP contribution in [0.15, 0.2) is 17.6 Å². The van der Waals surface area contributed by atoms with Crippen LogP contribution >= 0.6 is 0 Å². The largest absolute Gasteiger partial charge is 0.444 e. The fourth-order valence-electron chi connectivity index (χ4n) is 1.74. The van der Waals surface area contributed by atoms with Gasteiger partial charge in [-0.2, -0.15) is 0 Å². The maximum Gasteiger partial charge on any atom is 0.407 e. The average Bonchev–Trinajstić information content (AvgIpc) is 2.39. The first kappa shape index (κ1) is 20.3. The zero-order valence-electron chi connectivity index (χ0n) is 14.7. The second-order valence-electron chi connectivity index (χ2n) is 6.02. The standard InChI is InChI=1S/C16H32N4O2/c1-7-10-13(20-15(21)22-16(4,5)6)12-19-14(17-9-3)18-11-8-2/h8,13H,2,7,9-12H2,1,3-6H3,(H,20,21)(H2,17,18,19). The first-order valence-electron chi connectivity index (χ1n) is 7.95. The van der Waals surface area contributed by atoms with E-state index in [0.29, 0.717) is 13.1 Å². The Hall–Kier alpha value is -1.72. The summed E-state index contributed by atoms with van der Waals surface area (Å²) >= 11 is 0. The number of amides is 1. The number of nitrogens with one attached hydrogen (secondary N) is 3. The SMILES string of the molecule is C=CCNC(=NCC(CCC)NC(=O)OC(C)(C)C)NCC. The molecule has 0 aromatic heterocycles. The van der Waals surface area contributed by atoms with Gasteiger partial charge in [-0.05, 0) is 34.1 Å². The van der Waals surface area contributed by atoms with Crippen LogP contribution in [0.1, 0.15) is 47.5 Å². The lowest BCUT2D eigenvalue weighted by Crippen LogP contribution is -2.42. The van der Waals surface area contributed by atoms with Crippen LogP contribution in [-0.2, 0) is 4.74 Å². The van der Waals surface area contributed by atoms with Crippen molar-refractivity contribution in [1.82, 2.24) is 16.0 Å². The van der Waals surface area contributed by atoms with E-state index in [1.165, 1.54) is 0 Å². The fraction of sp³-hybridized carbons (Fsp3) is 0.750. The lowest BCUT2D eigenvalue weighted by atomic mass is 10.1. The minimum atomic E-state index is -0.495. The van der Waals surface area contributed by atoms with Crippen molar-refractivity contribution in [2.24, 2.45) is 4.99 Å². The van der Waals surface area contributed by atoms with Crippen LogP contribution in [0, 0.1) is 0 Å². The molecule has 0 rings (SSSR count). The highest BCUT2D eigenvalue weighted by molar-refractivity contribution is 5.79. The average molecular weight is 312 g/mol. The third kappa shape index (κ3) is 11.0. The molecule has 128 valence electrons. The predicted octanol–water partition coefficient (Wildman–Crippen LogP) is 2.42. The van der Waals surface area contributed by atoms with Gasteiger partial charge in [-0.3, -0.25) is 4.99 Å². The number of nitrogens with zero attached hydrogens (tertiary/aromatic N) is 1. The number of rotatable bonds is 8. The van der Waals surface area contributed by atoms with Crippen molar-refractivity contribution in [3.05, 3.63) is 12.7 Å². The highest BCUT2D eigenvalue weighted by Gasteiger charge is 2.19. The molecule has 0 heterocycles. The van der Waals surface area contributed by atoms with Gasteiger partial charge < -0.3 is 20.7 Å². The molecule has 1 atom stereocenters. The predicted molar refractivity (Wildman–Crippen MR) is 92.2 cm³/mol. The van der Waals surface area contributed by atoms with E-state index in [1.54, 1.807) is 6.08 Å². The summed E-state index contributed by atoms with van der Waals surface area (Å²) in [6, 6.07) is -0.0426. The van der Waals surface area contributed by atoms with Gasteiger partial charge >= 0.3 is 6.09 Å². The van der Waals surface area contributed by atoms with Crippen molar-refractivity contribution >= 4 is 12.1 Å². The molecule has 6 heteroatoms. The van der Waals surface area contributed by atoms with Gasteiger partial charge in [0.05, 0.1) is 12.6 Å². The summed E-state index contributed by atoms with van der Waals surface area (Å²) in [7, 11) is 0. The van der Waals surface area contributed by atoms with Gasteiger partial charge in [0.1, 0.15) is 5.60 Å². The van der Waals surface area contributed by atoms with Gasteiger partial charge in [-0.1, -0.05) is 19.4 Å². The van der Waals surface area contributed by atoms with Crippen molar-refractivity contribution in [2.45, 2.75) is 59.1 Å². The van der Waals surface area contributed by atoms with E-state index in [1.807, 2.05) is 27.7 Å². The molecule has 0 aromatic carbocycles. The summed E-state index contributed by atoms with van der Waals surface area (Å²) in [5, 5.41) is 9.17. The highest BCUT2D eigenvalue weighted by Crippen LogP contribution is 2.07. The van der Waals surface area contributed by atoms with Gasteiger partial charge in [0.2, 0.25) is 0 Å². The van der Waals surface area contributed by atoms with Crippen LogP contribution in [0.3, 0.4) is 0 Å². The Morgan fingerprint density at radius 1 is 1.32 bits per heavy atom. The Labute approximate surface area is 134 Å². The van der Waals surface area contributed by atoms with Gasteiger partial charge in [0.25, 0.3) is 0 Å². The number of hydrogen-bond donors (Lipinski definition) is 3. The van der Waals surface area contributed by atoms with Crippen LogP contribution in [-0.4, -0.2) is 43.3 Å². The van der Waals surface area contributed by atoms with Crippen LogP contribution in [0.5, 0.6) is 0 Å². The molecule has 3 N–H and O–H groups in total. The van der Waals surface area contributed by atoms with Gasteiger partial charge in [0, 0.05) is 13.1 Å². The molecule has 0 fully saturated rings. The minimum Gasteiger partial charge on any atom is -0.444 e. The number of alkyl carbamates (subject to hydrolysis) is 1. The number of guanidine groups is 1. The Kier molecular flexibility index (Phi) is 10.1. The Balaban J connectivity index is 4.59. The van der Waals surface area contributed by atoms with Crippen molar-refractivity contribution in [3.63, 3.8) is 0 Å². The molecule has 0 aromatic rings. The molecule has 0 aliphatic heterocycles. The molecule has 6 nitrogen and oxygen atoms in total. The smallest absolute Gasteiger partial charge is 0.407 e. The first-order valence-corrected chi connectivity index (χ1v) is 7.95. The van der Waals surface area contributed by atoms with Gasteiger partial charge in [-0.15, -0.1) is 6.58 Å². The summed E-state index contributed by atoms with van der Waals surface area (Å²) in [5.74, 6) is 0.717. The molecule has 0 saturated carbocycles. The van der Waals surface area contributed by atoms with E-state index in [2.05, 4.69) is 34.4 Å². The van der Waals surface area contributed by atoms with E-state index in [-0.39, 0.29) is 6.04 Å². The summed E-state index contributed by atoms with van der Waals surface area (Å²) in [6.07, 6.45) is 3.19. The Morgan fingerprint density at radius 3 is 2.50 bits per heavy atom. The molecule has 22 heavy (non-hydrogen) atoms. The molecule has 0 aliphatic rings. The van der Waals surface area contributed by atoms with E-state index in [4.69, 9.17) is 4.74 Å². The summed E-state index contributed by atoms with van der Waals surface area (Å²) < 4.78 is 5.29. The molecule has 1 amide bonds. The lowest BCUT2D eigenvalue weighted by molar-refractivity contribution is 0.0503. The maximum absolute atomic E-state index is 11.9. The Bertz CT molecular complexity index is 362. The first-order chi connectivity index (χ1) is 10.3. The molecular weight excluding hydrogens is 280 g/mol. The molecule has 0 bridgehead atoms. The van der Waals surface area contributed by atoms with Gasteiger partial charge in [0.15, 0.2) is 5.96 Å². The zero-order chi connectivity index (χ0) is 17.0. The zero-order valence-corrected chi connectivity index (χ0v) is 14.7. The van der Waals surface area contributed by atoms with E-state index < -0.39 is 11.7 Å². The van der Waals surface area contributed by atoms with Crippen LogP contribution in [0.2, 0.25) is 0 Å².